The van der Waals surface area contributed by atoms with Crippen LogP contribution in [0.25, 0.3) is 0 Å². The van der Waals surface area contributed by atoms with Crippen molar-refractivity contribution in [3.63, 3.8) is 0 Å². The lowest BCUT2D eigenvalue weighted by molar-refractivity contribution is -0.340. The van der Waals surface area contributed by atoms with E-state index < -0.39 is 88.0 Å². The molecule has 0 aromatic heterocycles. The maximum Gasteiger partial charge on any atom is 0.348 e. The molecule has 36 heavy (non-hydrogen) atoms. The molecule has 0 aromatic carbocycles. The molecule has 2 bridgehead atoms. The summed E-state index contributed by atoms with van der Waals surface area (Å²) in [5.41, 5.74) is -2.77. The van der Waals surface area contributed by atoms with Crippen molar-refractivity contribution in [2.75, 3.05) is 6.61 Å². The highest BCUT2D eigenvalue weighted by Gasteiger charge is 2.83. The summed E-state index contributed by atoms with van der Waals surface area (Å²) in [5.74, 6) is -6.98. The Hall–Kier alpha value is -1.85. The van der Waals surface area contributed by atoms with Crippen molar-refractivity contribution in [1.29, 1.82) is 0 Å². The fourth-order valence-corrected chi connectivity index (χ4v) is 8.95. The van der Waals surface area contributed by atoms with Gasteiger partial charge in [-0.3, -0.25) is 9.59 Å². The van der Waals surface area contributed by atoms with E-state index in [1.165, 1.54) is 6.08 Å². The third-order valence-corrected chi connectivity index (χ3v) is 10.6. The Kier molecular flexibility index (Phi) is 5.02. The van der Waals surface area contributed by atoms with E-state index in [9.17, 15) is 34.8 Å². The van der Waals surface area contributed by atoms with Crippen LogP contribution in [0.3, 0.4) is 0 Å². The van der Waals surface area contributed by atoms with Crippen molar-refractivity contribution in [3.05, 3.63) is 11.6 Å². The van der Waals surface area contributed by atoms with Gasteiger partial charge in [0.2, 0.25) is 6.10 Å². The molecular formula is C26H34O10. The Labute approximate surface area is 208 Å². The summed E-state index contributed by atoms with van der Waals surface area (Å²) >= 11 is 0. The first-order valence-electron chi connectivity index (χ1n) is 12.9. The molecule has 10 heteroatoms. The zero-order valence-electron chi connectivity index (χ0n) is 20.7. The van der Waals surface area contributed by atoms with Gasteiger partial charge in [-0.2, -0.15) is 0 Å². The van der Waals surface area contributed by atoms with Crippen molar-refractivity contribution in [2.45, 2.75) is 88.7 Å². The minimum Gasteiger partial charge on any atom is -0.459 e. The highest BCUT2D eigenvalue weighted by Crippen LogP contribution is 2.73. The molecule has 198 valence electrons. The first-order chi connectivity index (χ1) is 16.8. The molecule has 5 fully saturated rings. The van der Waals surface area contributed by atoms with E-state index in [0.29, 0.717) is 24.8 Å². The van der Waals surface area contributed by atoms with Crippen molar-refractivity contribution in [3.8, 4) is 0 Å². The normalized spacial score (nSPS) is 52.4. The number of esters is 2. The molecule has 4 aliphatic carbocycles. The average molecular weight is 507 g/mol. The number of carbonyl (C=O) groups excluding carboxylic acids is 3. The minimum absolute atomic E-state index is 0.0951. The van der Waals surface area contributed by atoms with Crippen molar-refractivity contribution in [1.82, 2.24) is 0 Å². The number of aliphatic hydroxyl groups excluding tert-OH is 2. The van der Waals surface area contributed by atoms with Crippen LogP contribution in [0.1, 0.15) is 52.9 Å². The number of ketones is 1. The van der Waals surface area contributed by atoms with Gasteiger partial charge in [0.05, 0.1) is 18.6 Å². The zero-order chi connectivity index (χ0) is 26.0. The van der Waals surface area contributed by atoms with Crippen LogP contribution in [-0.2, 0) is 28.6 Å². The maximum atomic E-state index is 13.3. The van der Waals surface area contributed by atoms with Gasteiger partial charge in [0, 0.05) is 22.7 Å². The molecule has 11 atom stereocenters. The van der Waals surface area contributed by atoms with Crippen LogP contribution in [-0.4, -0.2) is 80.6 Å². The van der Waals surface area contributed by atoms with Crippen LogP contribution < -0.4 is 0 Å². The van der Waals surface area contributed by atoms with Gasteiger partial charge < -0.3 is 34.6 Å². The molecule has 2 aliphatic heterocycles. The van der Waals surface area contributed by atoms with Crippen LogP contribution in [0.4, 0.5) is 0 Å². The fourth-order valence-electron chi connectivity index (χ4n) is 8.95. The topological polar surface area (TPSA) is 160 Å². The smallest absolute Gasteiger partial charge is 0.348 e. The second-order valence-electron chi connectivity index (χ2n) is 12.4. The van der Waals surface area contributed by atoms with Gasteiger partial charge in [0.25, 0.3) is 0 Å². The zero-order valence-corrected chi connectivity index (χ0v) is 20.7. The Balaban J connectivity index is 1.46. The summed E-state index contributed by atoms with van der Waals surface area (Å²) in [7, 11) is 0. The standard InChI is InChI=1S/C26H34O10/c1-11-7-14(27)20(30)23(3)13(11)8-15-25-10-34-26(33,22(23)25)19(29)12(2)17(25)18(21(31)35-15)36-16(28)9-24(32)5-4-6-24/h7,12-13,15,17-20,22,29-30,32-33H,4-6,8-10H2,1-3H3/t12-,13+,15-,17-,18-,19-,20-,22-,23-,25+,26-/m1/s1. The molecule has 2 heterocycles. The molecule has 4 N–H and O–H groups in total. The van der Waals surface area contributed by atoms with Crippen molar-refractivity contribution in [2.24, 2.45) is 34.5 Å². The molecule has 10 nitrogen and oxygen atoms in total. The molecule has 6 aliphatic rings. The van der Waals surface area contributed by atoms with E-state index in [0.717, 1.165) is 6.42 Å². The second kappa shape index (κ2) is 7.38. The first-order valence-corrected chi connectivity index (χ1v) is 12.9. The summed E-state index contributed by atoms with van der Waals surface area (Å²) in [4.78, 5) is 39.0. The summed E-state index contributed by atoms with van der Waals surface area (Å²) in [6.07, 6.45) is -1.87. The number of hydrogen-bond acceptors (Lipinski definition) is 10. The van der Waals surface area contributed by atoms with E-state index in [1.807, 2.05) is 0 Å². The van der Waals surface area contributed by atoms with Gasteiger partial charge in [-0.25, -0.2) is 4.79 Å². The Morgan fingerprint density at radius 2 is 1.92 bits per heavy atom. The molecule has 0 unspecified atom stereocenters. The third kappa shape index (κ3) is 2.77. The number of fused-ring (bicyclic) bond motifs is 1. The highest BCUT2D eigenvalue weighted by molar-refractivity contribution is 5.96. The van der Waals surface area contributed by atoms with Crippen molar-refractivity contribution >= 4 is 17.7 Å². The molecule has 6 rings (SSSR count). The van der Waals surface area contributed by atoms with E-state index in [4.69, 9.17) is 14.2 Å². The lowest BCUT2D eigenvalue weighted by Crippen LogP contribution is -2.78. The number of carbonyl (C=O) groups is 3. The molecule has 3 saturated carbocycles. The van der Waals surface area contributed by atoms with Crippen LogP contribution >= 0.6 is 0 Å². The number of hydrogen-bond donors (Lipinski definition) is 4. The van der Waals surface area contributed by atoms with E-state index in [1.54, 1.807) is 20.8 Å². The van der Waals surface area contributed by atoms with E-state index in [2.05, 4.69) is 0 Å². The molecule has 2 saturated heterocycles. The summed E-state index contributed by atoms with van der Waals surface area (Å²) < 4.78 is 17.5. The number of ether oxygens (including phenoxy) is 3. The van der Waals surface area contributed by atoms with Gasteiger partial charge in [-0.15, -0.1) is 0 Å². The van der Waals surface area contributed by atoms with E-state index in [-0.39, 0.29) is 13.0 Å². The quantitative estimate of drug-likeness (QED) is 0.384. The Morgan fingerprint density at radius 1 is 1.22 bits per heavy atom. The minimum atomic E-state index is -2.10. The molecular weight excluding hydrogens is 472 g/mol. The van der Waals surface area contributed by atoms with Gasteiger partial charge in [-0.1, -0.05) is 19.4 Å². The summed E-state index contributed by atoms with van der Waals surface area (Å²) in [6.45, 7) is 5.08. The number of allylic oxidation sites excluding steroid dienone is 1. The molecule has 0 radical (unpaired) electrons. The molecule has 0 amide bonds. The third-order valence-electron chi connectivity index (χ3n) is 10.6. The molecule has 1 spiro atoms. The lowest BCUT2D eigenvalue weighted by Gasteiger charge is -2.68. The Bertz CT molecular complexity index is 1060. The lowest BCUT2D eigenvalue weighted by atomic mass is 9.38. The maximum absolute atomic E-state index is 13.3. The van der Waals surface area contributed by atoms with Crippen molar-refractivity contribution < 1.29 is 49.0 Å². The fraction of sp³-hybridized carbons (Fsp3) is 0.808. The van der Waals surface area contributed by atoms with Crippen LogP contribution in [0, 0.1) is 34.5 Å². The monoisotopic (exact) mass is 506 g/mol. The highest BCUT2D eigenvalue weighted by atomic mass is 16.7. The first kappa shape index (κ1) is 24.5. The average Bonchev–Trinajstić information content (AvgIpc) is 3.08. The SMILES string of the molecule is CC1=CC(=O)[C@@H](O)[C@]2(C)[C@H]3[C@]4(O)OC[C@]35[C@H]([C@@H](C)[C@H]4O)[C@@H](OC(=O)CC3(O)CCC3)C(=O)O[C@@H]5C[C@@H]12. The predicted octanol–water partition coefficient (Wildman–Crippen LogP) is -0.00700. The number of aliphatic hydroxyl groups is 4. The molecule has 0 aromatic rings. The second-order valence-corrected chi connectivity index (χ2v) is 12.4. The van der Waals surface area contributed by atoms with Crippen LogP contribution in [0.2, 0.25) is 0 Å². The van der Waals surface area contributed by atoms with E-state index >= 15 is 0 Å². The van der Waals surface area contributed by atoms with Gasteiger partial charge >= 0.3 is 11.9 Å². The Morgan fingerprint density at radius 3 is 2.56 bits per heavy atom. The van der Waals surface area contributed by atoms with Gasteiger partial charge in [0.1, 0.15) is 18.3 Å². The van der Waals surface area contributed by atoms with Crippen LogP contribution in [0.15, 0.2) is 11.6 Å². The predicted molar refractivity (Wildman–Crippen MR) is 120 cm³/mol. The number of rotatable bonds is 3. The summed E-state index contributed by atoms with van der Waals surface area (Å²) in [6, 6.07) is 0. The summed E-state index contributed by atoms with van der Waals surface area (Å²) in [5, 5.41) is 44.9. The van der Waals surface area contributed by atoms with Gasteiger partial charge in [0.15, 0.2) is 11.6 Å². The van der Waals surface area contributed by atoms with Gasteiger partial charge in [-0.05, 0) is 50.5 Å². The van der Waals surface area contributed by atoms with Crippen LogP contribution in [0.5, 0.6) is 0 Å². The largest absolute Gasteiger partial charge is 0.459 e.